The number of fused-ring (bicyclic) bond motifs is 1. The Hall–Kier alpha value is -1.58. The molecule has 0 aliphatic heterocycles. The zero-order valence-electron chi connectivity index (χ0n) is 5.50. The average Bonchev–Trinajstić information content (AvgIpc) is 2.45. The van der Waals surface area contributed by atoms with Gasteiger partial charge in [-0.25, -0.2) is 9.37 Å². The molecule has 0 fully saturated rings. The van der Waals surface area contributed by atoms with E-state index in [2.05, 4.69) is 9.97 Å². The monoisotopic (exact) mass is 152 g/mol. The van der Waals surface area contributed by atoms with Crippen LogP contribution in [0.15, 0.2) is 18.5 Å². The number of aromatic nitrogens is 2. The lowest BCUT2D eigenvalue weighted by Gasteiger charge is -1.92. The Morgan fingerprint density at radius 2 is 2.27 bits per heavy atom. The SMILES string of the molecule is Oc1ccc(F)c2nc[nH]c12. The molecule has 4 heteroatoms. The summed E-state index contributed by atoms with van der Waals surface area (Å²) >= 11 is 0. The molecule has 1 aromatic heterocycles. The fraction of sp³-hybridized carbons (Fsp3) is 0. The van der Waals surface area contributed by atoms with Crippen LogP contribution in [0.2, 0.25) is 0 Å². The van der Waals surface area contributed by atoms with Gasteiger partial charge in [-0.1, -0.05) is 0 Å². The molecule has 1 aromatic carbocycles. The first-order chi connectivity index (χ1) is 5.29. The quantitative estimate of drug-likeness (QED) is 0.599. The zero-order chi connectivity index (χ0) is 7.84. The van der Waals surface area contributed by atoms with Crippen molar-refractivity contribution in [2.45, 2.75) is 0 Å². The molecule has 2 aromatic rings. The summed E-state index contributed by atoms with van der Waals surface area (Å²) in [6.07, 6.45) is 1.34. The van der Waals surface area contributed by atoms with Crippen LogP contribution in [0.5, 0.6) is 5.75 Å². The summed E-state index contributed by atoms with van der Waals surface area (Å²) in [5.74, 6) is -0.419. The fourth-order valence-corrected chi connectivity index (χ4v) is 0.985. The lowest BCUT2D eigenvalue weighted by Crippen LogP contribution is -1.77. The molecular weight excluding hydrogens is 147 g/mol. The van der Waals surface area contributed by atoms with Crippen LogP contribution in [0.4, 0.5) is 4.39 Å². The molecule has 0 bridgehead atoms. The number of benzene rings is 1. The lowest BCUT2D eigenvalue weighted by atomic mass is 10.3. The van der Waals surface area contributed by atoms with Crippen molar-refractivity contribution in [3.05, 3.63) is 24.3 Å². The van der Waals surface area contributed by atoms with E-state index in [1.54, 1.807) is 0 Å². The van der Waals surface area contributed by atoms with Crippen molar-refractivity contribution in [1.82, 2.24) is 9.97 Å². The molecule has 0 radical (unpaired) electrons. The Balaban J connectivity index is 2.96. The second-order valence-corrected chi connectivity index (χ2v) is 2.19. The van der Waals surface area contributed by atoms with Gasteiger partial charge in [0.2, 0.25) is 0 Å². The molecule has 0 saturated heterocycles. The van der Waals surface area contributed by atoms with Crippen LogP contribution in [-0.2, 0) is 0 Å². The van der Waals surface area contributed by atoms with Crippen molar-refractivity contribution < 1.29 is 9.50 Å². The third-order valence-corrected chi connectivity index (χ3v) is 1.51. The topological polar surface area (TPSA) is 48.9 Å². The largest absolute Gasteiger partial charge is 0.506 e. The van der Waals surface area contributed by atoms with Gasteiger partial charge in [-0.3, -0.25) is 0 Å². The number of nitrogens with zero attached hydrogens (tertiary/aromatic N) is 1. The molecule has 0 saturated carbocycles. The predicted molar refractivity (Wildman–Crippen MR) is 37.7 cm³/mol. The van der Waals surface area contributed by atoms with E-state index in [9.17, 15) is 4.39 Å². The van der Waals surface area contributed by atoms with Crippen LogP contribution in [0.3, 0.4) is 0 Å². The molecule has 2 rings (SSSR count). The van der Waals surface area contributed by atoms with Gasteiger partial charge in [0.1, 0.15) is 16.8 Å². The van der Waals surface area contributed by atoms with Gasteiger partial charge in [-0.2, -0.15) is 0 Å². The number of imidazole rings is 1. The summed E-state index contributed by atoms with van der Waals surface area (Å²) in [7, 11) is 0. The fourth-order valence-electron chi connectivity index (χ4n) is 0.985. The Bertz CT molecular complexity index is 360. The highest BCUT2D eigenvalue weighted by Gasteiger charge is 2.05. The highest BCUT2D eigenvalue weighted by atomic mass is 19.1. The van der Waals surface area contributed by atoms with Crippen molar-refractivity contribution in [3.8, 4) is 5.75 Å². The molecule has 3 nitrogen and oxygen atoms in total. The highest BCUT2D eigenvalue weighted by molar-refractivity contribution is 5.81. The summed E-state index contributed by atoms with van der Waals surface area (Å²) in [6.45, 7) is 0. The first kappa shape index (κ1) is 6.15. The number of hydrogen-bond acceptors (Lipinski definition) is 2. The van der Waals surface area contributed by atoms with E-state index in [4.69, 9.17) is 5.11 Å². The second kappa shape index (κ2) is 1.95. The van der Waals surface area contributed by atoms with Crippen LogP contribution >= 0.6 is 0 Å². The number of aromatic hydroxyl groups is 1. The van der Waals surface area contributed by atoms with Gasteiger partial charge in [-0.15, -0.1) is 0 Å². The number of phenols is 1. The minimum absolute atomic E-state index is 0.0129. The summed E-state index contributed by atoms with van der Waals surface area (Å²) < 4.78 is 12.8. The Morgan fingerprint density at radius 3 is 3.00 bits per heavy atom. The van der Waals surface area contributed by atoms with Gasteiger partial charge in [0.15, 0.2) is 5.82 Å². The number of rotatable bonds is 0. The maximum atomic E-state index is 12.8. The van der Waals surface area contributed by atoms with Crippen molar-refractivity contribution in [2.75, 3.05) is 0 Å². The Morgan fingerprint density at radius 1 is 1.45 bits per heavy atom. The Labute approximate surface area is 61.5 Å². The number of aromatic amines is 1. The van der Waals surface area contributed by atoms with Crippen molar-refractivity contribution in [1.29, 1.82) is 0 Å². The first-order valence-corrected chi connectivity index (χ1v) is 3.09. The van der Waals surface area contributed by atoms with E-state index in [0.29, 0.717) is 5.52 Å². The predicted octanol–water partition coefficient (Wildman–Crippen LogP) is 1.41. The second-order valence-electron chi connectivity index (χ2n) is 2.19. The number of hydrogen-bond donors (Lipinski definition) is 2. The summed E-state index contributed by atoms with van der Waals surface area (Å²) in [5, 5.41) is 9.15. The van der Waals surface area contributed by atoms with Crippen LogP contribution in [0.25, 0.3) is 11.0 Å². The van der Waals surface area contributed by atoms with Gasteiger partial charge in [0.05, 0.1) is 6.33 Å². The molecule has 1 heterocycles. The average molecular weight is 152 g/mol. The van der Waals surface area contributed by atoms with E-state index in [1.165, 1.54) is 18.5 Å². The number of nitrogens with one attached hydrogen (secondary N) is 1. The van der Waals surface area contributed by atoms with Gasteiger partial charge in [0, 0.05) is 0 Å². The zero-order valence-corrected chi connectivity index (χ0v) is 5.50. The molecule has 0 spiro atoms. The maximum Gasteiger partial charge on any atom is 0.151 e. The smallest absolute Gasteiger partial charge is 0.151 e. The third kappa shape index (κ3) is 0.756. The lowest BCUT2D eigenvalue weighted by molar-refractivity contribution is 0.479. The summed E-state index contributed by atoms with van der Waals surface area (Å²) in [4.78, 5) is 6.32. The minimum atomic E-state index is -0.431. The molecule has 0 atom stereocenters. The normalized spacial score (nSPS) is 10.6. The molecular formula is C7H5FN2O. The van der Waals surface area contributed by atoms with E-state index < -0.39 is 5.82 Å². The molecule has 0 aliphatic rings. The standard InChI is InChI=1S/C7H5FN2O/c8-4-1-2-5(11)7-6(4)9-3-10-7/h1-3,11H,(H,9,10). The van der Waals surface area contributed by atoms with Crippen molar-refractivity contribution in [2.24, 2.45) is 0 Å². The van der Waals surface area contributed by atoms with Crippen molar-refractivity contribution in [3.63, 3.8) is 0 Å². The molecule has 56 valence electrons. The number of H-pyrrole nitrogens is 1. The highest BCUT2D eigenvalue weighted by Crippen LogP contribution is 2.22. The number of halogens is 1. The van der Waals surface area contributed by atoms with E-state index in [-0.39, 0.29) is 11.3 Å². The molecule has 0 aliphatic carbocycles. The van der Waals surface area contributed by atoms with E-state index >= 15 is 0 Å². The van der Waals surface area contributed by atoms with Gasteiger partial charge in [-0.05, 0) is 12.1 Å². The summed E-state index contributed by atoms with van der Waals surface area (Å²) in [6, 6.07) is 2.47. The molecule has 11 heavy (non-hydrogen) atoms. The third-order valence-electron chi connectivity index (χ3n) is 1.51. The van der Waals surface area contributed by atoms with Gasteiger partial charge < -0.3 is 10.1 Å². The summed E-state index contributed by atoms with van der Waals surface area (Å²) in [5.41, 5.74) is 0.509. The molecule has 0 unspecified atom stereocenters. The maximum absolute atomic E-state index is 12.8. The minimum Gasteiger partial charge on any atom is -0.506 e. The van der Waals surface area contributed by atoms with Gasteiger partial charge >= 0.3 is 0 Å². The number of phenolic OH excluding ortho intramolecular Hbond substituents is 1. The van der Waals surface area contributed by atoms with Crippen molar-refractivity contribution >= 4 is 11.0 Å². The van der Waals surface area contributed by atoms with E-state index in [0.717, 1.165) is 0 Å². The van der Waals surface area contributed by atoms with Crippen LogP contribution in [0, 0.1) is 5.82 Å². The van der Waals surface area contributed by atoms with Crippen LogP contribution in [0.1, 0.15) is 0 Å². The Kier molecular flexibility index (Phi) is 1.09. The first-order valence-electron chi connectivity index (χ1n) is 3.09. The molecule has 2 N–H and O–H groups in total. The van der Waals surface area contributed by atoms with Crippen LogP contribution < -0.4 is 0 Å². The van der Waals surface area contributed by atoms with Crippen LogP contribution in [-0.4, -0.2) is 15.1 Å². The molecule has 0 amide bonds. The van der Waals surface area contributed by atoms with E-state index in [1.807, 2.05) is 0 Å². The van der Waals surface area contributed by atoms with Gasteiger partial charge in [0.25, 0.3) is 0 Å².